The number of fused-ring (bicyclic) bond motifs is 2. The van der Waals surface area contributed by atoms with Crippen molar-refractivity contribution in [3.63, 3.8) is 0 Å². The molecular weight excluding hydrogens is 570 g/mol. The molecule has 2 aliphatic heterocycles. The van der Waals surface area contributed by atoms with Crippen molar-refractivity contribution >= 4 is 47.7 Å². The van der Waals surface area contributed by atoms with E-state index in [0.29, 0.717) is 16.7 Å². The van der Waals surface area contributed by atoms with Crippen LogP contribution in [0.1, 0.15) is 44.2 Å². The smallest absolute Gasteiger partial charge is 0.335 e. The topological polar surface area (TPSA) is 139 Å². The summed E-state index contributed by atoms with van der Waals surface area (Å²) in [5, 5.41) is 13.8. The van der Waals surface area contributed by atoms with Gasteiger partial charge in [-0.1, -0.05) is 23.7 Å². The van der Waals surface area contributed by atoms with Crippen LogP contribution in [0.3, 0.4) is 0 Å². The van der Waals surface area contributed by atoms with Gasteiger partial charge in [0.1, 0.15) is 35.3 Å². The first kappa shape index (κ1) is 28.3. The summed E-state index contributed by atoms with van der Waals surface area (Å²) in [6.45, 7) is 5.48. The molecule has 10 nitrogen and oxygen atoms in total. The lowest BCUT2D eigenvalue weighted by Gasteiger charge is -2.25. The Morgan fingerprint density at radius 1 is 1.28 bits per heavy atom. The highest BCUT2D eigenvalue weighted by molar-refractivity contribution is 8.04. The number of thioether (sulfide) groups is 1. The van der Waals surface area contributed by atoms with Crippen molar-refractivity contribution in [2.24, 2.45) is 0 Å². The van der Waals surface area contributed by atoms with Gasteiger partial charge in [-0.05, 0) is 44.5 Å². The fourth-order valence-corrected chi connectivity index (χ4v) is 7.04. The average molecular weight is 597 g/mol. The number of aromatic nitrogens is 2. The van der Waals surface area contributed by atoms with Crippen LogP contribution < -0.4 is 5.32 Å². The van der Waals surface area contributed by atoms with E-state index in [0.717, 1.165) is 17.3 Å². The van der Waals surface area contributed by atoms with E-state index < -0.39 is 37.9 Å². The van der Waals surface area contributed by atoms with E-state index in [1.165, 1.54) is 12.1 Å². The fourth-order valence-electron chi connectivity index (χ4n) is 4.95. The van der Waals surface area contributed by atoms with Gasteiger partial charge in [0.2, 0.25) is 0 Å². The van der Waals surface area contributed by atoms with Crippen LogP contribution in [0.4, 0.5) is 10.1 Å². The summed E-state index contributed by atoms with van der Waals surface area (Å²) in [6.07, 6.45) is -0.405. The van der Waals surface area contributed by atoms with Gasteiger partial charge in [-0.15, -0.1) is 11.8 Å². The van der Waals surface area contributed by atoms with Crippen molar-refractivity contribution < 1.29 is 33.0 Å². The van der Waals surface area contributed by atoms with Crippen LogP contribution in [0.2, 0.25) is 5.15 Å². The maximum absolute atomic E-state index is 13.4. The molecule has 14 heteroatoms. The van der Waals surface area contributed by atoms with E-state index in [-0.39, 0.29) is 33.8 Å². The lowest BCUT2D eigenvalue weighted by atomic mass is 10.1. The molecule has 0 bridgehead atoms. The summed E-state index contributed by atoms with van der Waals surface area (Å²) in [5.74, 6) is -0.941. The van der Waals surface area contributed by atoms with E-state index in [4.69, 9.17) is 25.8 Å². The monoisotopic (exact) mass is 596 g/mol. The summed E-state index contributed by atoms with van der Waals surface area (Å²) in [4.78, 5) is 23.0. The zero-order chi connectivity index (χ0) is 28.1. The predicted molar refractivity (Wildman–Crippen MR) is 145 cm³/mol. The van der Waals surface area contributed by atoms with Crippen LogP contribution in [-0.2, 0) is 18.8 Å². The van der Waals surface area contributed by atoms with E-state index in [1.54, 1.807) is 42.8 Å². The Labute approximate surface area is 233 Å². The van der Waals surface area contributed by atoms with E-state index >= 15 is 0 Å². The van der Waals surface area contributed by atoms with Gasteiger partial charge in [0, 0.05) is 23.4 Å². The number of pyridine rings is 1. The maximum atomic E-state index is 13.4. The second kappa shape index (κ2) is 10.7. The molecule has 39 heavy (non-hydrogen) atoms. The van der Waals surface area contributed by atoms with Crippen LogP contribution in [0.25, 0.3) is 11.0 Å². The second-order valence-electron chi connectivity index (χ2n) is 9.94. The molecule has 0 spiro atoms. The molecule has 0 radical (unpaired) electrons. The Hall–Kier alpha value is -2.20. The fraction of sp³-hybridized carbons (Fsp3) is 0.440. The molecule has 1 aromatic carbocycles. The van der Waals surface area contributed by atoms with E-state index in [2.05, 4.69) is 16.4 Å². The van der Waals surface area contributed by atoms with Gasteiger partial charge in [0.25, 0.3) is 0 Å². The summed E-state index contributed by atoms with van der Waals surface area (Å²) in [5.41, 5.74) is 1.59. The van der Waals surface area contributed by atoms with Crippen molar-refractivity contribution in [2.45, 2.75) is 57.1 Å². The molecule has 5 rings (SSSR count). The molecule has 2 aliphatic rings. The van der Waals surface area contributed by atoms with Gasteiger partial charge in [-0.2, -0.15) is 5.26 Å². The zero-order valence-electron chi connectivity index (χ0n) is 21.2. The van der Waals surface area contributed by atoms with Crippen LogP contribution in [-0.4, -0.2) is 54.7 Å². The highest BCUT2D eigenvalue weighted by Gasteiger charge is 2.56. The molecule has 4 heterocycles. The van der Waals surface area contributed by atoms with Crippen LogP contribution in [0.15, 0.2) is 36.5 Å². The average Bonchev–Trinajstić information content (AvgIpc) is 3.49. The minimum atomic E-state index is -4.17. The molecule has 2 fully saturated rings. The summed E-state index contributed by atoms with van der Waals surface area (Å²) < 4.78 is 45.2. The molecule has 0 saturated carbocycles. The van der Waals surface area contributed by atoms with Gasteiger partial charge in [0.15, 0.2) is 17.2 Å². The zero-order valence-corrected chi connectivity index (χ0v) is 23.7. The Bertz CT molecular complexity index is 1480. The first-order valence-electron chi connectivity index (χ1n) is 12.1. The normalized spacial score (nSPS) is 25.0. The lowest BCUT2D eigenvalue weighted by Crippen LogP contribution is -2.31. The first-order valence-corrected chi connectivity index (χ1v) is 15.5. The molecule has 3 aromatic rings. The number of ether oxygens (including phenoxy) is 3. The van der Waals surface area contributed by atoms with Gasteiger partial charge >= 0.3 is 7.60 Å². The predicted octanol–water partition coefficient (Wildman–Crippen LogP) is 5.16. The van der Waals surface area contributed by atoms with Gasteiger partial charge < -0.3 is 33.9 Å². The Morgan fingerprint density at radius 3 is 2.64 bits per heavy atom. The summed E-state index contributed by atoms with van der Waals surface area (Å²) >= 11 is 7.57. The lowest BCUT2D eigenvalue weighted by molar-refractivity contribution is -0.193. The number of nitrogens with zero attached hydrogens (tertiary/aromatic N) is 3. The molecule has 2 saturated heterocycles. The Kier molecular flexibility index (Phi) is 7.74. The summed E-state index contributed by atoms with van der Waals surface area (Å²) in [6, 6.07) is 9.72. The largest absolute Gasteiger partial charge is 0.377 e. The molecule has 5 atom stereocenters. The van der Waals surface area contributed by atoms with Crippen molar-refractivity contribution in [1.82, 2.24) is 9.55 Å². The third-order valence-electron chi connectivity index (χ3n) is 6.60. The standard InChI is InChI=1S/C25H27ClFN4O6PS/c1-13(14-4-6-15(27)7-5-14)29-19-16-8-9-31(23(16)30-22(26)17(19)10-28)24-21-20(36-25(2,3)37-21)18(35-24)11-39-12-38(32,33)34/h4-9,13,18,20-21,24H,11-12H2,1-3H3,(H,29,30)(H2,32,33,34)/t13?,18-,20-,21-,24-/m1/s1. The third-order valence-corrected chi connectivity index (χ3v) is 9.51. The first-order chi connectivity index (χ1) is 18.4. The maximum Gasteiger partial charge on any atom is 0.335 e. The van der Waals surface area contributed by atoms with Crippen LogP contribution in [0, 0.1) is 17.1 Å². The number of benzene rings is 1. The van der Waals surface area contributed by atoms with Crippen LogP contribution >= 0.6 is 31.0 Å². The van der Waals surface area contributed by atoms with Crippen LogP contribution in [0.5, 0.6) is 0 Å². The van der Waals surface area contributed by atoms with Crippen molar-refractivity contribution in [2.75, 3.05) is 16.6 Å². The number of anilines is 1. The summed E-state index contributed by atoms with van der Waals surface area (Å²) in [7, 11) is -4.17. The number of nitriles is 1. The third kappa shape index (κ3) is 5.82. The molecule has 208 valence electrons. The number of hydrogen-bond acceptors (Lipinski definition) is 8. The van der Waals surface area contributed by atoms with Gasteiger partial charge in [0.05, 0.1) is 17.3 Å². The second-order valence-corrected chi connectivity index (χ2v) is 13.4. The van der Waals surface area contributed by atoms with E-state index in [9.17, 15) is 24.0 Å². The van der Waals surface area contributed by atoms with Crippen molar-refractivity contribution in [1.29, 1.82) is 5.26 Å². The minimum absolute atomic E-state index is 0.00553. The quantitative estimate of drug-likeness (QED) is 0.236. The van der Waals surface area contributed by atoms with Crippen molar-refractivity contribution in [3.8, 4) is 6.07 Å². The van der Waals surface area contributed by atoms with Gasteiger partial charge in [-0.25, -0.2) is 9.37 Å². The highest BCUT2D eigenvalue weighted by Crippen LogP contribution is 2.47. The Morgan fingerprint density at radius 2 is 1.97 bits per heavy atom. The molecule has 2 aromatic heterocycles. The number of hydrogen-bond donors (Lipinski definition) is 3. The molecule has 1 unspecified atom stereocenters. The SMILES string of the molecule is CC(Nc1c(C#N)c(Cl)nc2c1ccn2[C@@H]1O[C@H](CSCP(=O)(O)O)[C@H]2OC(C)(C)O[C@H]21)c1ccc(F)cc1. The molecular formula is C25H27ClFN4O6PS. The minimum Gasteiger partial charge on any atom is -0.377 e. The van der Waals surface area contributed by atoms with Crippen molar-refractivity contribution in [3.05, 3.63) is 58.6 Å². The van der Waals surface area contributed by atoms with Gasteiger partial charge in [-0.3, -0.25) is 4.57 Å². The highest BCUT2D eigenvalue weighted by atomic mass is 35.5. The van der Waals surface area contributed by atoms with E-state index in [1.807, 2.05) is 6.92 Å². The molecule has 0 amide bonds. The Balaban J connectivity index is 1.49. The number of rotatable bonds is 8. The molecule has 3 N–H and O–H groups in total. The number of halogens is 2. The number of nitrogens with one attached hydrogen (secondary N) is 1. The molecule has 0 aliphatic carbocycles.